The quantitative estimate of drug-likeness (QED) is 0.565. The van der Waals surface area contributed by atoms with Crippen LogP contribution in [0.2, 0.25) is 0 Å². The van der Waals surface area contributed by atoms with Crippen LogP contribution in [0.5, 0.6) is 0 Å². The van der Waals surface area contributed by atoms with E-state index in [1.165, 1.54) is 0 Å². The van der Waals surface area contributed by atoms with E-state index in [-0.39, 0.29) is 12.5 Å². The first-order chi connectivity index (χ1) is 7.63. The Morgan fingerprint density at radius 2 is 2.12 bits per heavy atom. The lowest BCUT2D eigenvalue weighted by molar-refractivity contribution is -0.141. The molecule has 0 aromatic carbocycles. The smallest absolute Gasteiger partial charge is 0.326 e. The Morgan fingerprint density at radius 1 is 1.44 bits per heavy atom. The maximum Gasteiger partial charge on any atom is 0.326 e. The van der Waals surface area contributed by atoms with Gasteiger partial charge in [-0.05, 0) is 19.3 Å². The number of hydrogen-bond acceptors (Lipinski definition) is 3. The van der Waals surface area contributed by atoms with Crippen molar-refractivity contribution in [1.82, 2.24) is 10.6 Å². The standard InChI is InChI=1S/C11H20N2O3/c1-2-3-4-9(11(15)16)13-10(14)7-12-8-5-6-8/h8-9,12H,2-7H2,1H3,(H,13,14)(H,15,16). The van der Waals surface area contributed by atoms with Gasteiger partial charge >= 0.3 is 5.97 Å². The fraction of sp³-hybridized carbons (Fsp3) is 0.818. The molecule has 0 radical (unpaired) electrons. The largest absolute Gasteiger partial charge is 0.480 e. The van der Waals surface area contributed by atoms with Gasteiger partial charge in [0.1, 0.15) is 6.04 Å². The molecule has 0 spiro atoms. The summed E-state index contributed by atoms with van der Waals surface area (Å²) in [6.07, 6.45) is 4.48. The maximum absolute atomic E-state index is 11.4. The fourth-order valence-electron chi connectivity index (χ4n) is 1.44. The van der Waals surface area contributed by atoms with Crippen molar-refractivity contribution in [2.75, 3.05) is 6.54 Å². The number of rotatable bonds is 8. The Labute approximate surface area is 95.6 Å². The predicted octanol–water partition coefficient (Wildman–Crippen LogP) is 0.498. The number of carboxylic acid groups (broad SMARTS) is 1. The Hall–Kier alpha value is -1.10. The molecule has 5 heteroatoms. The van der Waals surface area contributed by atoms with Crippen LogP contribution in [-0.4, -0.2) is 35.6 Å². The normalized spacial score (nSPS) is 16.8. The third kappa shape index (κ3) is 5.11. The first kappa shape index (κ1) is 13.0. The highest BCUT2D eigenvalue weighted by Crippen LogP contribution is 2.17. The highest BCUT2D eigenvalue weighted by Gasteiger charge is 2.23. The fourth-order valence-corrected chi connectivity index (χ4v) is 1.44. The van der Waals surface area contributed by atoms with Crippen LogP contribution in [0.25, 0.3) is 0 Å². The lowest BCUT2D eigenvalue weighted by atomic mass is 10.1. The summed E-state index contributed by atoms with van der Waals surface area (Å²) >= 11 is 0. The SMILES string of the molecule is CCCCC(NC(=O)CNC1CC1)C(=O)O. The van der Waals surface area contributed by atoms with E-state index in [2.05, 4.69) is 10.6 Å². The molecule has 1 fully saturated rings. The minimum absolute atomic E-state index is 0.223. The number of unbranched alkanes of at least 4 members (excludes halogenated alkanes) is 1. The summed E-state index contributed by atoms with van der Waals surface area (Å²) in [5.74, 6) is -1.18. The van der Waals surface area contributed by atoms with Crippen LogP contribution < -0.4 is 10.6 Å². The van der Waals surface area contributed by atoms with Crippen molar-refractivity contribution in [1.29, 1.82) is 0 Å². The van der Waals surface area contributed by atoms with Gasteiger partial charge in [0.2, 0.25) is 5.91 Å². The van der Waals surface area contributed by atoms with Crippen molar-refractivity contribution >= 4 is 11.9 Å². The van der Waals surface area contributed by atoms with Gasteiger partial charge in [-0.15, -0.1) is 0 Å². The number of carboxylic acids is 1. The van der Waals surface area contributed by atoms with E-state index in [1.807, 2.05) is 6.92 Å². The van der Waals surface area contributed by atoms with Gasteiger partial charge < -0.3 is 15.7 Å². The molecule has 1 saturated carbocycles. The third-order valence-electron chi connectivity index (χ3n) is 2.61. The number of carbonyl (C=O) groups is 2. The number of hydrogen-bond donors (Lipinski definition) is 3. The predicted molar refractivity (Wildman–Crippen MR) is 60.1 cm³/mol. The second kappa shape index (κ2) is 6.48. The van der Waals surface area contributed by atoms with E-state index in [1.54, 1.807) is 0 Å². The Balaban J connectivity index is 2.22. The van der Waals surface area contributed by atoms with Gasteiger partial charge in [0.15, 0.2) is 0 Å². The second-order valence-corrected chi connectivity index (χ2v) is 4.26. The van der Waals surface area contributed by atoms with Gasteiger partial charge in [0.25, 0.3) is 0 Å². The molecular weight excluding hydrogens is 208 g/mol. The van der Waals surface area contributed by atoms with Crippen LogP contribution >= 0.6 is 0 Å². The second-order valence-electron chi connectivity index (χ2n) is 4.26. The van der Waals surface area contributed by atoms with Gasteiger partial charge in [-0.1, -0.05) is 19.8 Å². The van der Waals surface area contributed by atoms with Crippen LogP contribution in [0.1, 0.15) is 39.0 Å². The Morgan fingerprint density at radius 3 is 2.62 bits per heavy atom. The van der Waals surface area contributed by atoms with E-state index >= 15 is 0 Å². The number of amides is 1. The summed E-state index contributed by atoms with van der Waals surface area (Å²) in [4.78, 5) is 22.3. The lowest BCUT2D eigenvalue weighted by Crippen LogP contribution is -2.44. The molecule has 1 amide bonds. The Kier molecular flexibility index (Phi) is 5.25. The highest BCUT2D eigenvalue weighted by atomic mass is 16.4. The van der Waals surface area contributed by atoms with Crippen molar-refractivity contribution in [3.63, 3.8) is 0 Å². The summed E-state index contributed by atoms with van der Waals surface area (Å²) in [7, 11) is 0. The van der Waals surface area contributed by atoms with Gasteiger partial charge in [-0.25, -0.2) is 4.79 Å². The zero-order chi connectivity index (χ0) is 12.0. The van der Waals surface area contributed by atoms with E-state index in [9.17, 15) is 9.59 Å². The highest BCUT2D eigenvalue weighted by molar-refractivity contribution is 5.84. The van der Waals surface area contributed by atoms with Crippen LogP contribution in [-0.2, 0) is 9.59 Å². The van der Waals surface area contributed by atoms with Crippen LogP contribution in [0.3, 0.4) is 0 Å². The monoisotopic (exact) mass is 228 g/mol. The third-order valence-corrected chi connectivity index (χ3v) is 2.61. The summed E-state index contributed by atoms with van der Waals surface area (Å²) in [5, 5.41) is 14.5. The first-order valence-electron chi connectivity index (χ1n) is 5.89. The number of nitrogens with one attached hydrogen (secondary N) is 2. The molecule has 1 atom stereocenters. The van der Waals surface area contributed by atoms with Crippen molar-refractivity contribution in [3.8, 4) is 0 Å². The minimum atomic E-state index is -0.951. The molecule has 0 heterocycles. The molecule has 16 heavy (non-hydrogen) atoms. The topological polar surface area (TPSA) is 78.4 Å². The van der Waals surface area contributed by atoms with E-state index < -0.39 is 12.0 Å². The molecule has 1 rings (SSSR count). The average molecular weight is 228 g/mol. The molecule has 92 valence electrons. The molecule has 1 aliphatic rings. The van der Waals surface area contributed by atoms with E-state index in [4.69, 9.17) is 5.11 Å². The molecule has 0 aromatic heterocycles. The Bertz CT molecular complexity index is 252. The van der Waals surface area contributed by atoms with Crippen molar-refractivity contribution < 1.29 is 14.7 Å². The summed E-state index contributed by atoms with van der Waals surface area (Å²) in [5.41, 5.74) is 0. The zero-order valence-corrected chi connectivity index (χ0v) is 9.66. The number of carbonyl (C=O) groups excluding carboxylic acids is 1. The van der Waals surface area contributed by atoms with Crippen molar-refractivity contribution in [2.45, 2.75) is 51.1 Å². The molecule has 5 nitrogen and oxygen atoms in total. The van der Waals surface area contributed by atoms with Crippen molar-refractivity contribution in [3.05, 3.63) is 0 Å². The molecule has 0 aromatic rings. The molecule has 3 N–H and O–H groups in total. The minimum Gasteiger partial charge on any atom is -0.480 e. The molecule has 0 aliphatic heterocycles. The lowest BCUT2D eigenvalue weighted by Gasteiger charge is -2.14. The van der Waals surface area contributed by atoms with Gasteiger partial charge in [-0.3, -0.25) is 4.79 Å². The van der Waals surface area contributed by atoms with Crippen molar-refractivity contribution in [2.24, 2.45) is 0 Å². The first-order valence-corrected chi connectivity index (χ1v) is 5.89. The molecule has 1 aliphatic carbocycles. The molecule has 0 bridgehead atoms. The summed E-state index contributed by atoms with van der Waals surface area (Å²) < 4.78 is 0. The van der Waals surface area contributed by atoms with Gasteiger partial charge in [0.05, 0.1) is 6.54 Å². The van der Waals surface area contributed by atoms with E-state index in [0.717, 1.165) is 25.7 Å². The van der Waals surface area contributed by atoms with E-state index in [0.29, 0.717) is 12.5 Å². The zero-order valence-electron chi connectivity index (χ0n) is 9.66. The van der Waals surface area contributed by atoms with Crippen LogP contribution in [0.4, 0.5) is 0 Å². The van der Waals surface area contributed by atoms with Gasteiger partial charge in [0, 0.05) is 6.04 Å². The summed E-state index contributed by atoms with van der Waals surface area (Å²) in [6, 6.07) is -0.280. The molecule has 0 saturated heterocycles. The molecular formula is C11H20N2O3. The average Bonchev–Trinajstić information content (AvgIpc) is 3.04. The van der Waals surface area contributed by atoms with Crippen LogP contribution in [0, 0.1) is 0 Å². The molecule has 1 unspecified atom stereocenters. The number of aliphatic carboxylic acids is 1. The summed E-state index contributed by atoms with van der Waals surface area (Å²) in [6.45, 7) is 2.22. The van der Waals surface area contributed by atoms with Gasteiger partial charge in [-0.2, -0.15) is 0 Å². The maximum atomic E-state index is 11.4. The van der Waals surface area contributed by atoms with Crippen LogP contribution in [0.15, 0.2) is 0 Å².